The van der Waals surface area contributed by atoms with E-state index in [1.807, 2.05) is 0 Å². The first-order valence-electron chi connectivity index (χ1n) is 4.80. The molecule has 1 fully saturated rings. The van der Waals surface area contributed by atoms with Crippen molar-refractivity contribution in [3.05, 3.63) is 0 Å². The second kappa shape index (κ2) is 4.85. The molecule has 2 rings (SSSR count). The highest BCUT2D eigenvalue weighted by atomic mass is 16.8. The number of hydrogen-bond donors (Lipinski definition) is 3. The Labute approximate surface area is 91.4 Å². The van der Waals surface area contributed by atoms with Gasteiger partial charge in [0.1, 0.15) is 37.7 Å². The molecule has 1 unspecified atom stereocenters. The zero-order chi connectivity index (χ0) is 11.5. The highest BCUT2D eigenvalue weighted by Gasteiger charge is 2.44. The molecule has 0 radical (unpaired) electrons. The van der Waals surface area contributed by atoms with Crippen molar-refractivity contribution in [1.29, 1.82) is 0 Å². The minimum absolute atomic E-state index is 0.232. The Morgan fingerprint density at radius 2 is 2.25 bits per heavy atom. The molecule has 0 aromatic rings. The molecule has 8 nitrogen and oxygen atoms in total. The highest BCUT2D eigenvalue weighted by Crippen LogP contribution is 2.22. The fourth-order valence-corrected chi connectivity index (χ4v) is 1.45. The number of rotatable bonds is 3. The van der Waals surface area contributed by atoms with Crippen LogP contribution in [0.1, 0.15) is 0 Å². The maximum Gasteiger partial charge on any atom is 0.213 e. The van der Waals surface area contributed by atoms with E-state index < -0.39 is 24.6 Å². The third kappa shape index (κ3) is 2.20. The van der Waals surface area contributed by atoms with Gasteiger partial charge in [-0.1, -0.05) is 0 Å². The van der Waals surface area contributed by atoms with Crippen LogP contribution in [0.15, 0.2) is 9.98 Å². The number of aliphatic hydroxyl groups is 3. The summed E-state index contributed by atoms with van der Waals surface area (Å²) in [4.78, 5) is 12.7. The standard InChI is InChI=1S/C8H13N3O5/c12-1-5-6(13)7(14)8(15-5)16-11-3-9-2-10-4-11/h2-3,5-8,12-14H,1,4H2/t5-,6-,7+,8?/m1/s1. The van der Waals surface area contributed by atoms with Gasteiger partial charge in [-0.15, -0.1) is 0 Å². The first-order chi connectivity index (χ1) is 7.72. The van der Waals surface area contributed by atoms with Crippen molar-refractivity contribution in [1.82, 2.24) is 5.06 Å². The molecule has 2 aliphatic rings. The summed E-state index contributed by atoms with van der Waals surface area (Å²) in [5.74, 6) is 0. The Morgan fingerprint density at radius 1 is 1.44 bits per heavy atom. The normalized spacial score (nSPS) is 38.3. The molecule has 0 amide bonds. The fourth-order valence-electron chi connectivity index (χ4n) is 1.45. The minimum atomic E-state index is -1.21. The molecule has 1 saturated heterocycles. The summed E-state index contributed by atoms with van der Waals surface area (Å²) in [6.07, 6.45) is -1.51. The maximum absolute atomic E-state index is 9.57. The summed E-state index contributed by atoms with van der Waals surface area (Å²) in [5, 5.41) is 29.2. The number of ether oxygens (including phenoxy) is 1. The van der Waals surface area contributed by atoms with E-state index in [4.69, 9.17) is 14.7 Å². The molecule has 90 valence electrons. The average Bonchev–Trinajstić information content (AvgIpc) is 2.58. The lowest BCUT2D eigenvalue weighted by Gasteiger charge is -2.23. The van der Waals surface area contributed by atoms with Crippen LogP contribution in [0.25, 0.3) is 0 Å². The molecule has 16 heavy (non-hydrogen) atoms. The summed E-state index contributed by atoms with van der Waals surface area (Å²) in [7, 11) is 0. The largest absolute Gasteiger partial charge is 0.394 e. The Hall–Kier alpha value is -1.06. The lowest BCUT2D eigenvalue weighted by molar-refractivity contribution is -0.261. The van der Waals surface area contributed by atoms with Crippen LogP contribution in [-0.4, -0.2) is 70.9 Å². The second-order valence-electron chi connectivity index (χ2n) is 3.43. The topological polar surface area (TPSA) is 107 Å². The molecular formula is C8H13N3O5. The van der Waals surface area contributed by atoms with E-state index in [1.54, 1.807) is 0 Å². The summed E-state index contributed by atoms with van der Waals surface area (Å²) in [6, 6.07) is 0. The quantitative estimate of drug-likeness (QED) is 0.503. The monoisotopic (exact) mass is 231 g/mol. The summed E-state index contributed by atoms with van der Waals surface area (Å²) >= 11 is 0. The van der Waals surface area contributed by atoms with Crippen molar-refractivity contribution in [2.75, 3.05) is 13.3 Å². The molecule has 2 aliphatic heterocycles. The van der Waals surface area contributed by atoms with Gasteiger partial charge in [0.2, 0.25) is 6.29 Å². The van der Waals surface area contributed by atoms with Gasteiger partial charge >= 0.3 is 0 Å². The van der Waals surface area contributed by atoms with Crippen LogP contribution in [0, 0.1) is 0 Å². The lowest BCUT2D eigenvalue weighted by atomic mass is 10.1. The fraction of sp³-hybridized carbons (Fsp3) is 0.750. The second-order valence-corrected chi connectivity index (χ2v) is 3.43. The van der Waals surface area contributed by atoms with E-state index in [0.29, 0.717) is 0 Å². The van der Waals surface area contributed by atoms with Gasteiger partial charge < -0.3 is 20.1 Å². The first kappa shape index (κ1) is 11.4. The van der Waals surface area contributed by atoms with Crippen molar-refractivity contribution in [3.8, 4) is 0 Å². The van der Waals surface area contributed by atoms with Crippen molar-refractivity contribution in [3.63, 3.8) is 0 Å². The van der Waals surface area contributed by atoms with Gasteiger partial charge in [-0.05, 0) is 0 Å². The molecule has 8 heteroatoms. The molecule has 0 spiro atoms. The number of aliphatic hydroxyl groups excluding tert-OH is 3. The van der Waals surface area contributed by atoms with Gasteiger partial charge in [0.15, 0.2) is 0 Å². The molecule has 2 heterocycles. The number of hydroxylamine groups is 2. The zero-order valence-electron chi connectivity index (χ0n) is 8.38. The van der Waals surface area contributed by atoms with Crippen LogP contribution < -0.4 is 0 Å². The maximum atomic E-state index is 9.57. The van der Waals surface area contributed by atoms with Crippen molar-refractivity contribution < 1.29 is 24.9 Å². The van der Waals surface area contributed by atoms with E-state index in [9.17, 15) is 10.2 Å². The van der Waals surface area contributed by atoms with Gasteiger partial charge in [-0.2, -0.15) is 0 Å². The van der Waals surface area contributed by atoms with Crippen LogP contribution in [0.3, 0.4) is 0 Å². The molecule has 0 aromatic heterocycles. The molecule has 3 N–H and O–H groups in total. The third-order valence-electron chi connectivity index (χ3n) is 2.30. The van der Waals surface area contributed by atoms with Crippen molar-refractivity contribution >= 4 is 12.7 Å². The van der Waals surface area contributed by atoms with E-state index >= 15 is 0 Å². The summed E-state index contributed by atoms with van der Waals surface area (Å²) in [6.45, 7) is -0.152. The Bertz CT molecular complexity index is 297. The van der Waals surface area contributed by atoms with E-state index in [1.165, 1.54) is 17.7 Å². The molecule has 0 saturated carbocycles. The molecule has 0 aromatic carbocycles. The molecular weight excluding hydrogens is 218 g/mol. The van der Waals surface area contributed by atoms with Gasteiger partial charge in [0, 0.05) is 0 Å². The Morgan fingerprint density at radius 3 is 2.81 bits per heavy atom. The SMILES string of the molecule is OC[C@H]1OC(ON2C=NC=NC2)[C@@H](O)[C@@H]1O. The third-order valence-corrected chi connectivity index (χ3v) is 2.30. The van der Waals surface area contributed by atoms with Gasteiger partial charge in [0.25, 0.3) is 0 Å². The number of aliphatic imine (C=N–C) groups is 2. The van der Waals surface area contributed by atoms with E-state index in [0.717, 1.165) is 0 Å². The van der Waals surface area contributed by atoms with Crippen molar-refractivity contribution in [2.45, 2.75) is 24.6 Å². The van der Waals surface area contributed by atoms with Crippen LogP contribution >= 0.6 is 0 Å². The predicted molar refractivity (Wildman–Crippen MR) is 52.5 cm³/mol. The molecule has 0 aliphatic carbocycles. The van der Waals surface area contributed by atoms with Gasteiger partial charge in [-0.25, -0.2) is 19.9 Å². The van der Waals surface area contributed by atoms with Gasteiger partial charge in [0.05, 0.1) is 6.61 Å². The van der Waals surface area contributed by atoms with Crippen LogP contribution in [0.2, 0.25) is 0 Å². The zero-order valence-corrected chi connectivity index (χ0v) is 8.38. The van der Waals surface area contributed by atoms with Gasteiger partial charge in [-0.3, -0.25) is 0 Å². The summed E-state index contributed by atoms with van der Waals surface area (Å²) < 4.78 is 5.11. The number of nitrogens with zero attached hydrogens (tertiary/aromatic N) is 3. The van der Waals surface area contributed by atoms with E-state index in [2.05, 4.69) is 9.98 Å². The Kier molecular flexibility index (Phi) is 3.46. The highest BCUT2D eigenvalue weighted by molar-refractivity contribution is 5.72. The average molecular weight is 231 g/mol. The van der Waals surface area contributed by atoms with Crippen LogP contribution in [-0.2, 0) is 9.57 Å². The smallest absolute Gasteiger partial charge is 0.213 e. The predicted octanol–water partition coefficient (Wildman–Crippen LogP) is -2.31. The minimum Gasteiger partial charge on any atom is -0.394 e. The Balaban J connectivity index is 1.90. The van der Waals surface area contributed by atoms with Crippen molar-refractivity contribution in [2.24, 2.45) is 9.98 Å². The summed E-state index contributed by atoms with van der Waals surface area (Å²) in [5.41, 5.74) is 0. The number of hydrogen-bond acceptors (Lipinski definition) is 8. The lowest BCUT2D eigenvalue weighted by Crippen LogP contribution is -2.38. The molecule has 4 atom stereocenters. The van der Waals surface area contributed by atoms with Crippen LogP contribution in [0.4, 0.5) is 0 Å². The van der Waals surface area contributed by atoms with Crippen LogP contribution in [0.5, 0.6) is 0 Å². The molecule has 0 bridgehead atoms. The first-order valence-corrected chi connectivity index (χ1v) is 4.80. The van der Waals surface area contributed by atoms with E-state index in [-0.39, 0.29) is 13.3 Å².